The number of nitrogens with one attached hydrogen (secondary N) is 1. The van der Waals surface area contributed by atoms with Crippen molar-refractivity contribution < 1.29 is 0 Å². The van der Waals surface area contributed by atoms with Gasteiger partial charge in [0.15, 0.2) is 0 Å². The highest BCUT2D eigenvalue weighted by molar-refractivity contribution is 7.71. The average Bonchev–Trinajstić information content (AvgIpc) is 2.34. The van der Waals surface area contributed by atoms with E-state index in [2.05, 4.69) is 16.9 Å². The summed E-state index contributed by atoms with van der Waals surface area (Å²) in [6, 6.07) is 7.76. The molecule has 0 atom stereocenters. The minimum absolute atomic E-state index is 0.659. The van der Waals surface area contributed by atoms with Gasteiger partial charge in [0.2, 0.25) is 0 Å². The lowest BCUT2D eigenvalue weighted by atomic mass is 10.1. The third-order valence-electron chi connectivity index (χ3n) is 2.80. The van der Waals surface area contributed by atoms with E-state index in [1.165, 1.54) is 0 Å². The third-order valence-corrected chi connectivity index (χ3v) is 3.43. The molecule has 0 aliphatic carbocycles. The van der Waals surface area contributed by atoms with E-state index >= 15 is 0 Å². The normalized spacial score (nSPS) is 10.6. The average molecular weight is 279 g/mol. The highest BCUT2D eigenvalue weighted by Gasteiger charge is 2.07. The summed E-state index contributed by atoms with van der Waals surface area (Å²) in [5.74, 6) is 0.933. The number of aryl methyl sites for hydroxylation is 1. The van der Waals surface area contributed by atoms with Crippen LogP contribution in [-0.2, 0) is 6.42 Å². The molecule has 0 spiro atoms. The zero-order valence-electron chi connectivity index (χ0n) is 10.5. The summed E-state index contributed by atoms with van der Waals surface area (Å²) in [5, 5.41) is 0.722. The number of benzene rings is 1. The number of rotatable bonds is 3. The lowest BCUT2D eigenvalue weighted by Crippen LogP contribution is -2.00. The molecule has 18 heavy (non-hydrogen) atoms. The van der Waals surface area contributed by atoms with E-state index in [-0.39, 0.29) is 0 Å². The first-order chi connectivity index (χ1) is 8.61. The molecule has 0 saturated heterocycles. The number of halogens is 1. The Kier molecular flexibility index (Phi) is 4.15. The predicted octanol–water partition coefficient (Wildman–Crippen LogP) is 4.72. The van der Waals surface area contributed by atoms with Crippen molar-refractivity contribution in [2.45, 2.75) is 26.7 Å². The van der Waals surface area contributed by atoms with Gasteiger partial charge in [0.1, 0.15) is 10.5 Å². The number of H-pyrrole nitrogens is 1. The maximum absolute atomic E-state index is 6.03. The van der Waals surface area contributed by atoms with Gasteiger partial charge in [-0.1, -0.05) is 42.9 Å². The second-order valence-corrected chi connectivity index (χ2v) is 5.07. The van der Waals surface area contributed by atoms with Gasteiger partial charge in [-0.05, 0) is 31.0 Å². The van der Waals surface area contributed by atoms with Crippen molar-refractivity contribution in [2.75, 3.05) is 0 Å². The molecule has 0 unspecified atom stereocenters. The monoisotopic (exact) mass is 278 g/mol. The van der Waals surface area contributed by atoms with Gasteiger partial charge in [-0.3, -0.25) is 0 Å². The Balaban J connectivity index is 2.59. The largest absolute Gasteiger partial charge is 0.343 e. The number of aromatic nitrogens is 2. The van der Waals surface area contributed by atoms with E-state index < -0.39 is 0 Å². The number of hydrogen-bond donors (Lipinski definition) is 1. The van der Waals surface area contributed by atoms with Crippen LogP contribution in [0.4, 0.5) is 0 Å². The minimum atomic E-state index is 0.659. The molecule has 0 fully saturated rings. The van der Waals surface area contributed by atoms with E-state index in [1.54, 1.807) is 0 Å². The van der Waals surface area contributed by atoms with E-state index in [0.717, 1.165) is 40.5 Å². The molecule has 1 N–H and O–H groups in total. The van der Waals surface area contributed by atoms with E-state index in [9.17, 15) is 0 Å². The van der Waals surface area contributed by atoms with E-state index in [1.807, 2.05) is 31.2 Å². The first kappa shape index (κ1) is 13.2. The number of aromatic amines is 1. The van der Waals surface area contributed by atoms with Crippen molar-refractivity contribution in [3.8, 4) is 11.3 Å². The van der Waals surface area contributed by atoms with Crippen LogP contribution in [0.2, 0.25) is 5.02 Å². The second-order valence-electron chi connectivity index (χ2n) is 4.25. The molecule has 0 radical (unpaired) electrons. The molecule has 1 heterocycles. The van der Waals surface area contributed by atoms with Crippen molar-refractivity contribution >= 4 is 23.8 Å². The molecule has 0 aliphatic rings. The first-order valence-corrected chi connectivity index (χ1v) is 6.76. The predicted molar refractivity (Wildman–Crippen MR) is 78.6 cm³/mol. The standard InChI is InChI=1S/C14H15ClN2S/c1-3-5-12-16-13(9(2)14(18)17-12)10-6-4-7-11(15)8-10/h4,6-8H,3,5H2,1-2H3,(H,16,17,18). The van der Waals surface area contributed by atoms with Crippen LogP contribution in [0.3, 0.4) is 0 Å². The molecule has 0 aliphatic heterocycles. The van der Waals surface area contributed by atoms with Gasteiger partial charge in [-0.25, -0.2) is 4.98 Å². The van der Waals surface area contributed by atoms with Crippen LogP contribution in [0.1, 0.15) is 24.7 Å². The molecule has 4 heteroatoms. The summed E-state index contributed by atoms with van der Waals surface area (Å²) >= 11 is 11.3. The summed E-state index contributed by atoms with van der Waals surface area (Å²) in [6.45, 7) is 4.11. The molecule has 0 saturated carbocycles. The fourth-order valence-corrected chi connectivity index (χ4v) is 2.27. The van der Waals surface area contributed by atoms with Crippen molar-refractivity contribution in [1.82, 2.24) is 9.97 Å². The molecule has 94 valence electrons. The summed E-state index contributed by atoms with van der Waals surface area (Å²) in [4.78, 5) is 7.76. The molecular weight excluding hydrogens is 264 g/mol. The summed E-state index contributed by atoms with van der Waals surface area (Å²) in [6.07, 6.45) is 1.94. The van der Waals surface area contributed by atoms with Gasteiger partial charge < -0.3 is 4.98 Å². The van der Waals surface area contributed by atoms with Crippen LogP contribution < -0.4 is 0 Å². The molecule has 0 amide bonds. The van der Waals surface area contributed by atoms with Crippen LogP contribution in [0, 0.1) is 11.6 Å². The van der Waals surface area contributed by atoms with E-state index in [0.29, 0.717) is 4.64 Å². The number of hydrogen-bond acceptors (Lipinski definition) is 2. The van der Waals surface area contributed by atoms with Gasteiger partial charge in [-0.2, -0.15) is 0 Å². The lowest BCUT2D eigenvalue weighted by molar-refractivity contribution is 0.829. The van der Waals surface area contributed by atoms with Crippen molar-refractivity contribution in [3.05, 3.63) is 45.3 Å². The molecule has 2 nitrogen and oxygen atoms in total. The molecule has 2 aromatic rings. The Labute approximate surface area is 117 Å². The third kappa shape index (κ3) is 2.79. The maximum Gasteiger partial charge on any atom is 0.133 e. The van der Waals surface area contributed by atoms with Crippen LogP contribution in [0.25, 0.3) is 11.3 Å². The van der Waals surface area contributed by atoms with Crippen LogP contribution >= 0.6 is 23.8 Å². The van der Waals surface area contributed by atoms with Gasteiger partial charge in [-0.15, -0.1) is 0 Å². The van der Waals surface area contributed by atoms with E-state index in [4.69, 9.17) is 23.8 Å². The molecular formula is C14H15ClN2S. The molecule has 0 bridgehead atoms. The fourth-order valence-electron chi connectivity index (χ4n) is 1.87. The highest BCUT2D eigenvalue weighted by atomic mass is 35.5. The van der Waals surface area contributed by atoms with Gasteiger partial charge in [0.25, 0.3) is 0 Å². The SMILES string of the molecule is CCCc1nc(=S)c(C)c(-c2cccc(Cl)c2)[nH]1. The summed E-state index contributed by atoms with van der Waals surface area (Å²) in [5.41, 5.74) is 3.05. The topological polar surface area (TPSA) is 28.7 Å². The second kappa shape index (κ2) is 5.63. The number of nitrogens with zero attached hydrogens (tertiary/aromatic N) is 1. The Hall–Kier alpha value is -1.19. The minimum Gasteiger partial charge on any atom is -0.343 e. The Bertz CT molecular complexity index is 619. The molecule has 1 aromatic heterocycles. The Morgan fingerprint density at radius 2 is 2.17 bits per heavy atom. The quantitative estimate of drug-likeness (QED) is 0.823. The van der Waals surface area contributed by atoms with Gasteiger partial charge >= 0.3 is 0 Å². The Morgan fingerprint density at radius 3 is 2.83 bits per heavy atom. The van der Waals surface area contributed by atoms with Gasteiger partial charge in [0.05, 0.1) is 5.69 Å². The summed E-state index contributed by atoms with van der Waals surface area (Å²) < 4.78 is 0.659. The van der Waals surface area contributed by atoms with Crippen LogP contribution in [0.15, 0.2) is 24.3 Å². The van der Waals surface area contributed by atoms with Crippen molar-refractivity contribution in [3.63, 3.8) is 0 Å². The summed E-state index contributed by atoms with van der Waals surface area (Å²) in [7, 11) is 0. The van der Waals surface area contributed by atoms with Crippen LogP contribution in [0.5, 0.6) is 0 Å². The zero-order chi connectivity index (χ0) is 13.1. The maximum atomic E-state index is 6.03. The fraction of sp³-hybridized carbons (Fsp3) is 0.286. The highest BCUT2D eigenvalue weighted by Crippen LogP contribution is 2.24. The molecule has 2 rings (SSSR count). The van der Waals surface area contributed by atoms with Crippen molar-refractivity contribution in [1.29, 1.82) is 0 Å². The molecule has 1 aromatic carbocycles. The Morgan fingerprint density at radius 1 is 1.39 bits per heavy atom. The van der Waals surface area contributed by atoms with Gasteiger partial charge in [0, 0.05) is 17.0 Å². The van der Waals surface area contributed by atoms with Crippen LogP contribution in [-0.4, -0.2) is 9.97 Å². The smallest absolute Gasteiger partial charge is 0.133 e. The first-order valence-electron chi connectivity index (χ1n) is 5.97. The lowest BCUT2D eigenvalue weighted by Gasteiger charge is -2.09. The zero-order valence-corrected chi connectivity index (χ0v) is 12.0. The van der Waals surface area contributed by atoms with Crippen molar-refractivity contribution in [2.24, 2.45) is 0 Å².